The van der Waals surface area contributed by atoms with Crippen LogP contribution in [-0.2, 0) is 4.79 Å². The van der Waals surface area contributed by atoms with Crippen LogP contribution in [-0.4, -0.2) is 38.5 Å². The highest BCUT2D eigenvalue weighted by atomic mass is 79.9. The van der Waals surface area contributed by atoms with Crippen molar-refractivity contribution in [2.45, 2.75) is 26.2 Å². The van der Waals surface area contributed by atoms with Crippen molar-refractivity contribution in [3.05, 3.63) is 72.7 Å². The van der Waals surface area contributed by atoms with E-state index in [0.29, 0.717) is 27.6 Å². The summed E-state index contributed by atoms with van der Waals surface area (Å²) in [5.74, 6) is -1.20. The second-order valence-electron chi connectivity index (χ2n) is 6.94. The monoisotopic (exact) mass is 502 g/mol. The SMILES string of the molecule is CC[C@H](C)c1nc2ccc(Br)cc2c(=O)n1N=Cc1cccc([N+](=O)[O-])c1OCC(=O)O. The molecule has 3 rings (SSSR count). The number of para-hydroxylation sites is 1. The third kappa shape index (κ3) is 4.83. The molecule has 1 N–H and O–H groups in total. The number of carboxylic acids is 1. The number of halogens is 1. The van der Waals surface area contributed by atoms with E-state index < -0.39 is 28.7 Å². The number of benzene rings is 2. The van der Waals surface area contributed by atoms with Gasteiger partial charge < -0.3 is 9.84 Å². The minimum absolute atomic E-state index is 0.0965. The summed E-state index contributed by atoms with van der Waals surface area (Å²) in [6, 6.07) is 9.26. The van der Waals surface area contributed by atoms with Gasteiger partial charge in [0, 0.05) is 22.0 Å². The summed E-state index contributed by atoms with van der Waals surface area (Å²) in [5, 5.41) is 24.9. The summed E-state index contributed by atoms with van der Waals surface area (Å²) in [6.07, 6.45) is 1.93. The van der Waals surface area contributed by atoms with Gasteiger partial charge in [-0.05, 0) is 30.7 Å². The lowest BCUT2D eigenvalue weighted by atomic mass is 10.1. The Balaban J connectivity index is 2.19. The second kappa shape index (κ2) is 9.69. The fourth-order valence-corrected chi connectivity index (χ4v) is 3.34. The van der Waals surface area contributed by atoms with Crippen LogP contribution in [0.1, 0.15) is 37.6 Å². The summed E-state index contributed by atoms with van der Waals surface area (Å²) in [4.78, 5) is 39.4. The molecule has 32 heavy (non-hydrogen) atoms. The number of carboxylic acid groups (broad SMARTS) is 1. The van der Waals surface area contributed by atoms with Crippen LogP contribution in [0, 0.1) is 10.1 Å². The molecule has 3 aromatic rings. The van der Waals surface area contributed by atoms with E-state index in [2.05, 4.69) is 26.0 Å². The average molecular weight is 503 g/mol. The number of hydrogen-bond donors (Lipinski definition) is 1. The molecule has 10 nitrogen and oxygen atoms in total. The van der Waals surface area contributed by atoms with Crippen molar-refractivity contribution in [1.82, 2.24) is 9.66 Å². The molecule has 0 aliphatic rings. The Kier molecular flexibility index (Phi) is 6.98. The Morgan fingerprint density at radius 1 is 1.41 bits per heavy atom. The van der Waals surface area contributed by atoms with E-state index in [1.807, 2.05) is 13.8 Å². The minimum atomic E-state index is -1.29. The van der Waals surface area contributed by atoms with Crippen molar-refractivity contribution >= 4 is 44.7 Å². The molecule has 1 atom stereocenters. The Morgan fingerprint density at radius 2 is 2.16 bits per heavy atom. The Bertz CT molecular complexity index is 1290. The normalized spacial score (nSPS) is 12.2. The third-order valence-corrected chi connectivity index (χ3v) is 5.25. The molecule has 0 unspecified atom stereocenters. The molecule has 0 saturated heterocycles. The maximum Gasteiger partial charge on any atom is 0.341 e. The smallest absolute Gasteiger partial charge is 0.341 e. The van der Waals surface area contributed by atoms with E-state index in [4.69, 9.17) is 9.84 Å². The predicted molar refractivity (Wildman–Crippen MR) is 122 cm³/mol. The van der Waals surface area contributed by atoms with Gasteiger partial charge in [0.2, 0.25) is 5.75 Å². The third-order valence-electron chi connectivity index (χ3n) is 4.76. The van der Waals surface area contributed by atoms with Crippen LogP contribution in [0.5, 0.6) is 5.75 Å². The topological polar surface area (TPSA) is 137 Å². The van der Waals surface area contributed by atoms with E-state index in [-0.39, 0.29) is 17.2 Å². The molecule has 1 heterocycles. The lowest BCUT2D eigenvalue weighted by Crippen LogP contribution is -2.23. The number of aliphatic carboxylic acids is 1. The van der Waals surface area contributed by atoms with Crippen LogP contribution < -0.4 is 10.3 Å². The molecular weight excluding hydrogens is 484 g/mol. The van der Waals surface area contributed by atoms with Crippen LogP contribution in [0.2, 0.25) is 0 Å². The largest absolute Gasteiger partial charge is 0.479 e. The molecule has 0 saturated carbocycles. The van der Waals surface area contributed by atoms with Crippen molar-refractivity contribution in [2.75, 3.05) is 6.61 Å². The fraction of sp³-hybridized carbons (Fsp3) is 0.238. The summed E-state index contributed by atoms with van der Waals surface area (Å²) < 4.78 is 7.02. The van der Waals surface area contributed by atoms with E-state index in [9.17, 15) is 19.7 Å². The highest BCUT2D eigenvalue weighted by molar-refractivity contribution is 9.10. The number of nitrogens with zero attached hydrogens (tertiary/aromatic N) is 4. The average Bonchev–Trinajstić information content (AvgIpc) is 2.76. The summed E-state index contributed by atoms with van der Waals surface area (Å²) in [6.45, 7) is 3.09. The van der Waals surface area contributed by atoms with E-state index in [0.717, 1.165) is 4.68 Å². The van der Waals surface area contributed by atoms with Crippen molar-refractivity contribution in [2.24, 2.45) is 5.10 Å². The van der Waals surface area contributed by atoms with Gasteiger partial charge in [-0.2, -0.15) is 9.78 Å². The van der Waals surface area contributed by atoms with Crippen molar-refractivity contribution in [3.63, 3.8) is 0 Å². The Morgan fingerprint density at radius 3 is 2.81 bits per heavy atom. The number of aromatic nitrogens is 2. The van der Waals surface area contributed by atoms with Crippen LogP contribution in [0.3, 0.4) is 0 Å². The number of rotatable bonds is 8. The molecule has 0 radical (unpaired) electrons. The van der Waals surface area contributed by atoms with Gasteiger partial charge in [-0.3, -0.25) is 14.9 Å². The van der Waals surface area contributed by atoms with E-state index in [1.54, 1.807) is 18.2 Å². The highest BCUT2D eigenvalue weighted by Crippen LogP contribution is 2.30. The lowest BCUT2D eigenvalue weighted by Gasteiger charge is -2.14. The summed E-state index contributed by atoms with van der Waals surface area (Å²) >= 11 is 3.35. The predicted octanol–water partition coefficient (Wildman–Crippen LogP) is 3.93. The van der Waals surface area contributed by atoms with E-state index >= 15 is 0 Å². The van der Waals surface area contributed by atoms with Gasteiger partial charge in [0.1, 0.15) is 5.82 Å². The summed E-state index contributed by atoms with van der Waals surface area (Å²) in [5.41, 5.74) is -0.135. The lowest BCUT2D eigenvalue weighted by molar-refractivity contribution is -0.385. The molecule has 2 aromatic carbocycles. The van der Waals surface area contributed by atoms with Gasteiger partial charge in [-0.25, -0.2) is 9.78 Å². The van der Waals surface area contributed by atoms with Crippen LogP contribution in [0.4, 0.5) is 5.69 Å². The molecule has 0 fully saturated rings. The molecule has 1 aromatic heterocycles. The molecule has 0 aliphatic heterocycles. The van der Waals surface area contributed by atoms with E-state index in [1.165, 1.54) is 24.4 Å². The Labute approximate surface area is 190 Å². The number of nitro benzene ring substituents is 1. The zero-order chi connectivity index (χ0) is 23.4. The zero-order valence-electron chi connectivity index (χ0n) is 17.2. The molecular formula is C21H19BrN4O6. The zero-order valence-corrected chi connectivity index (χ0v) is 18.8. The first-order valence-electron chi connectivity index (χ1n) is 9.61. The molecule has 166 valence electrons. The van der Waals surface area contributed by atoms with Gasteiger partial charge in [-0.1, -0.05) is 35.8 Å². The standard InChI is InChI=1S/C21H19BrN4O6/c1-3-12(2)20-24-16-8-7-14(22)9-15(16)21(29)25(20)23-10-13-5-4-6-17(26(30)31)19(13)32-11-18(27)28/h4-10,12H,3,11H2,1-2H3,(H,27,28)/t12-/m0/s1. The number of carbonyl (C=O) groups is 1. The van der Waals surface area contributed by atoms with Gasteiger partial charge in [0.05, 0.1) is 22.0 Å². The second-order valence-corrected chi connectivity index (χ2v) is 7.85. The first-order valence-corrected chi connectivity index (χ1v) is 10.4. The summed E-state index contributed by atoms with van der Waals surface area (Å²) in [7, 11) is 0. The molecule has 0 bridgehead atoms. The minimum Gasteiger partial charge on any atom is -0.479 e. The number of nitro groups is 1. The first kappa shape index (κ1) is 23.1. The maximum atomic E-state index is 13.2. The van der Waals surface area contributed by atoms with Crippen molar-refractivity contribution in [3.8, 4) is 5.75 Å². The van der Waals surface area contributed by atoms with Gasteiger partial charge >= 0.3 is 11.7 Å². The van der Waals surface area contributed by atoms with Gasteiger partial charge in [-0.15, -0.1) is 0 Å². The van der Waals surface area contributed by atoms with Crippen LogP contribution in [0.25, 0.3) is 10.9 Å². The maximum absolute atomic E-state index is 13.2. The fourth-order valence-electron chi connectivity index (χ4n) is 2.98. The number of fused-ring (bicyclic) bond motifs is 1. The first-order chi connectivity index (χ1) is 15.2. The van der Waals surface area contributed by atoms with Crippen LogP contribution in [0.15, 0.2) is 50.8 Å². The molecule has 11 heteroatoms. The molecule has 0 aliphatic carbocycles. The quantitative estimate of drug-likeness (QED) is 0.279. The highest BCUT2D eigenvalue weighted by Gasteiger charge is 2.20. The van der Waals surface area contributed by atoms with Crippen molar-refractivity contribution < 1.29 is 19.6 Å². The number of ether oxygens (including phenoxy) is 1. The van der Waals surface area contributed by atoms with Crippen LogP contribution >= 0.6 is 15.9 Å². The van der Waals surface area contributed by atoms with Crippen molar-refractivity contribution in [1.29, 1.82) is 0 Å². The number of hydrogen-bond acceptors (Lipinski definition) is 7. The molecule has 0 amide bonds. The molecule has 0 spiro atoms. The van der Waals surface area contributed by atoms with Gasteiger partial charge in [0.15, 0.2) is 6.61 Å². The van der Waals surface area contributed by atoms with Gasteiger partial charge in [0.25, 0.3) is 5.56 Å². The Hall–Kier alpha value is -3.60.